The average Bonchev–Trinajstić information content (AvgIpc) is 2.96. The topological polar surface area (TPSA) is 40.5 Å². The molecule has 19 heavy (non-hydrogen) atoms. The highest BCUT2D eigenvalue weighted by Crippen LogP contribution is 2.34. The van der Waals surface area contributed by atoms with Crippen LogP contribution >= 0.6 is 11.3 Å². The molecule has 4 heteroatoms. The van der Waals surface area contributed by atoms with Gasteiger partial charge in [-0.25, -0.2) is 0 Å². The monoisotopic (exact) mass is 281 g/mol. The summed E-state index contributed by atoms with van der Waals surface area (Å²) in [4.78, 5) is 14.0. The number of β-amino-alcohol motifs (C(OH)–C–C–N with tert-alkyl or cyclic N) is 1. The summed E-state index contributed by atoms with van der Waals surface area (Å²) in [6, 6.07) is 2.06. The van der Waals surface area contributed by atoms with Crippen molar-refractivity contribution in [2.45, 2.75) is 39.2 Å². The van der Waals surface area contributed by atoms with E-state index in [9.17, 15) is 9.90 Å². The maximum absolute atomic E-state index is 12.2. The summed E-state index contributed by atoms with van der Waals surface area (Å²) in [7, 11) is 0. The normalized spacial score (nSPS) is 27.2. The zero-order valence-corrected chi connectivity index (χ0v) is 12.7. The van der Waals surface area contributed by atoms with Crippen LogP contribution in [0.2, 0.25) is 0 Å². The molecule has 2 heterocycles. The standard InChI is InChI=1S/C15H23NO2S/c1-11(2)15(18)10-16(8-12(15)3)14(17)5-4-13-6-7-19-9-13/h6-7,9,11-12,18H,4-5,8,10H2,1-3H3/t12-,15-/m1/s1. The second-order valence-corrected chi connectivity index (χ2v) is 6.73. The Morgan fingerprint density at radius 3 is 2.89 bits per heavy atom. The molecule has 1 fully saturated rings. The number of carbonyl (C=O) groups excluding carboxylic acids is 1. The van der Waals surface area contributed by atoms with E-state index in [4.69, 9.17) is 0 Å². The van der Waals surface area contributed by atoms with E-state index in [1.807, 2.05) is 31.1 Å². The van der Waals surface area contributed by atoms with Crippen molar-refractivity contribution in [3.63, 3.8) is 0 Å². The highest BCUT2D eigenvalue weighted by atomic mass is 32.1. The van der Waals surface area contributed by atoms with Crippen LogP contribution in [0.15, 0.2) is 16.8 Å². The minimum atomic E-state index is -0.724. The molecular formula is C15H23NO2S. The maximum Gasteiger partial charge on any atom is 0.223 e. The van der Waals surface area contributed by atoms with Crippen LogP contribution in [0.25, 0.3) is 0 Å². The van der Waals surface area contributed by atoms with Crippen LogP contribution in [0.4, 0.5) is 0 Å². The van der Waals surface area contributed by atoms with Gasteiger partial charge in [-0.1, -0.05) is 20.8 Å². The molecule has 2 atom stereocenters. The Kier molecular flexibility index (Phi) is 4.31. The average molecular weight is 281 g/mol. The molecule has 0 aliphatic carbocycles. The van der Waals surface area contributed by atoms with Gasteiger partial charge in [-0.3, -0.25) is 4.79 Å². The van der Waals surface area contributed by atoms with Gasteiger partial charge in [-0.2, -0.15) is 11.3 Å². The highest BCUT2D eigenvalue weighted by molar-refractivity contribution is 7.07. The SMILES string of the molecule is CC(C)[C@]1(O)CN(C(=O)CCc2ccsc2)C[C@H]1C. The molecule has 1 N–H and O–H groups in total. The summed E-state index contributed by atoms with van der Waals surface area (Å²) in [5, 5.41) is 14.7. The van der Waals surface area contributed by atoms with Gasteiger partial charge in [0.2, 0.25) is 5.91 Å². The lowest BCUT2D eigenvalue weighted by atomic mass is 9.82. The van der Waals surface area contributed by atoms with Crippen LogP contribution in [-0.2, 0) is 11.2 Å². The van der Waals surface area contributed by atoms with E-state index < -0.39 is 5.60 Å². The Labute approximate surface area is 119 Å². The minimum absolute atomic E-state index is 0.151. The van der Waals surface area contributed by atoms with Crippen LogP contribution in [0, 0.1) is 11.8 Å². The lowest BCUT2D eigenvalue weighted by Gasteiger charge is -2.31. The third kappa shape index (κ3) is 3.00. The van der Waals surface area contributed by atoms with Crippen molar-refractivity contribution in [3.05, 3.63) is 22.4 Å². The molecule has 0 unspecified atom stereocenters. The highest BCUT2D eigenvalue weighted by Gasteiger charge is 2.46. The molecule has 0 aromatic carbocycles. The molecule has 1 aromatic rings. The van der Waals surface area contributed by atoms with Gasteiger partial charge in [-0.05, 0) is 34.7 Å². The number of hydrogen-bond donors (Lipinski definition) is 1. The molecule has 2 rings (SSSR count). The summed E-state index contributed by atoms with van der Waals surface area (Å²) in [6.45, 7) is 7.24. The van der Waals surface area contributed by atoms with Crippen molar-refractivity contribution in [3.8, 4) is 0 Å². The van der Waals surface area contributed by atoms with E-state index in [1.165, 1.54) is 5.56 Å². The largest absolute Gasteiger partial charge is 0.387 e. The molecular weight excluding hydrogens is 258 g/mol. The van der Waals surface area contributed by atoms with Gasteiger partial charge in [-0.15, -0.1) is 0 Å². The fourth-order valence-electron chi connectivity index (χ4n) is 2.80. The van der Waals surface area contributed by atoms with Gasteiger partial charge in [0.15, 0.2) is 0 Å². The molecule has 0 radical (unpaired) electrons. The van der Waals surface area contributed by atoms with Crippen molar-refractivity contribution in [1.29, 1.82) is 0 Å². The van der Waals surface area contributed by atoms with Crippen LogP contribution in [0.5, 0.6) is 0 Å². The van der Waals surface area contributed by atoms with Crippen LogP contribution in [0.3, 0.4) is 0 Å². The third-order valence-corrected chi connectivity index (χ3v) is 5.08. The van der Waals surface area contributed by atoms with Crippen LogP contribution < -0.4 is 0 Å². The number of hydrogen-bond acceptors (Lipinski definition) is 3. The van der Waals surface area contributed by atoms with Crippen molar-refractivity contribution in [2.75, 3.05) is 13.1 Å². The number of aryl methyl sites for hydroxylation is 1. The van der Waals surface area contributed by atoms with Crippen LogP contribution in [0.1, 0.15) is 32.8 Å². The van der Waals surface area contributed by atoms with E-state index >= 15 is 0 Å². The van der Waals surface area contributed by atoms with Gasteiger partial charge in [0.25, 0.3) is 0 Å². The number of amides is 1. The van der Waals surface area contributed by atoms with Crippen molar-refractivity contribution >= 4 is 17.2 Å². The number of likely N-dealkylation sites (tertiary alicyclic amines) is 1. The van der Waals surface area contributed by atoms with E-state index in [2.05, 4.69) is 11.4 Å². The summed E-state index contributed by atoms with van der Waals surface area (Å²) < 4.78 is 0. The van der Waals surface area contributed by atoms with Gasteiger partial charge in [0, 0.05) is 25.4 Å². The summed E-state index contributed by atoms with van der Waals surface area (Å²) in [6.07, 6.45) is 1.34. The van der Waals surface area contributed by atoms with Gasteiger partial charge >= 0.3 is 0 Å². The summed E-state index contributed by atoms with van der Waals surface area (Å²) >= 11 is 1.66. The molecule has 3 nitrogen and oxygen atoms in total. The first-order valence-electron chi connectivity index (χ1n) is 6.94. The van der Waals surface area contributed by atoms with E-state index in [1.54, 1.807) is 11.3 Å². The van der Waals surface area contributed by atoms with Gasteiger partial charge in [0.05, 0.1) is 5.60 Å². The van der Waals surface area contributed by atoms with E-state index in [0.717, 1.165) is 6.42 Å². The minimum Gasteiger partial charge on any atom is -0.387 e. The number of carbonyl (C=O) groups is 1. The fourth-order valence-corrected chi connectivity index (χ4v) is 3.50. The predicted molar refractivity (Wildman–Crippen MR) is 78.2 cm³/mol. The fraction of sp³-hybridized carbons (Fsp3) is 0.667. The molecule has 1 aliphatic heterocycles. The van der Waals surface area contributed by atoms with Crippen molar-refractivity contribution in [1.82, 2.24) is 4.90 Å². The smallest absolute Gasteiger partial charge is 0.223 e. The zero-order valence-electron chi connectivity index (χ0n) is 11.9. The zero-order chi connectivity index (χ0) is 14.0. The Hall–Kier alpha value is -0.870. The summed E-state index contributed by atoms with van der Waals surface area (Å²) in [5.41, 5.74) is 0.502. The first-order chi connectivity index (χ1) is 8.93. The Balaban J connectivity index is 1.91. The third-order valence-electron chi connectivity index (χ3n) is 4.35. The quantitative estimate of drug-likeness (QED) is 0.921. The Morgan fingerprint density at radius 2 is 2.37 bits per heavy atom. The first-order valence-corrected chi connectivity index (χ1v) is 7.89. The summed E-state index contributed by atoms with van der Waals surface area (Å²) in [5.74, 6) is 0.490. The first kappa shape index (κ1) is 14.5. The molecule has 1 amide bonds. The molecule has 1 aliphatic rings. The second-order valence-electron chi connectivity index (χ2n) is 5.95. The molecule has 106 valence electrons. The number of rotatable bonds is 4. The van der Waals surface area contributed by atoms with E-state index in [-0.39, 0.29) is 17.7 Å². The van der Waals surface area contributed by atoms with Gasteiger partial charge < -0.3 is 10.0 Å². The number of aliphatic hydroxyl groups is 1. The number of nitrogens with zero attached hydrogens (tertiary/aromatic N) is 1. The molecule has 1 saturated heterocycles. The molecule has 0 spiro atoms. The molecule has 1 aromatic heterocycles. The van der Waals surface area contributed by atoms with Gasteiger partial charge in [0.1, 0.15) is 0 Å². The maximum atomic E-state index is 12.2. The lowest BCUT2D eigenvalue weighted by Crippen LogP contribution is -2.43. The Bertz CT molecular complexity index is 429. The van der Waals surface area contributed by atoms with E-state index in [0.29, 0.717) is 19.5 Å². The van der Waals surface area contributed by atoms with Crippen LogP contribution in [-0.4, -0.2) is 34.6 Å². The number of thiophene rings is 1. The molecule has 0 saturated carbocycles. The van der Waals surface area contributed by atoms with Crippen molar-refractivity contribution in [2.24, 2.45) is 11.8 Å². The Morgan fingerprint density at radius 1 is 1.63 bits per heavy atom. The predicted octanol–water partition coefficient (Wildman–Crippen LogP) is 2.55. The lowest BCUT2D eigenvalue weighted by molar-refractivity contribution is -0.131. The molecule has 0 bridgehead atoms. The second kappa shape index (κ2) is 5.63. The van der Waals surface area contributed by atoms with Crippen molar-refractivity contribution < 1.29 is 9.90 Å².